The first-order valence-corrected chi connectivity index (χ1v) is 5.59. The van der Waals surface area contributed by atoms with E-state index in [4.69, 9.17) is 0 Å². The first kappa shape index (κ1) is 12.9. The van der Waals surface area contributed by atoms with Crippen LogP contribution in [0.1, 0.15) is 31.2 Å². The van der Waals surface area contributed by atoms with Gasteiger partial charge in [-0.15, -0.1) is 0 Å². The summed E-state index contributed by atoms with van der Waals surface area (Å²) < 4.78 is 39.0. The van der Waals surface area contributed by atoms with Gasteiger partial charge in [-0.25, -0.2) is 13.8 Å². The number of carboxylic acid groups (broad SMARTS) is 1. The highest BCUT2D eigenvalue weighted by Gasteiger charge is 2.49. The predicted molar refractivity (Wildman–Crippen MR) is 56.9 cm³/mol. The second-order valence-electron chi connectivity index (χ2n) is 4.61. The molecule has 0 aromatic carbocycles. The summed E-state index contributed by atoms with van der Waals surface area (Å²) in [5, 5.41) is 9.32. The Bertz CT molecular complexity index is 449. The molecule has 1 fully saturated rings. The summed E-state index contributed by atoms with van der Waals surface area (Å²) >= 11 is 0. The zero-order valence-corrected chi connectivity index (χ0v) is 9.50. The summed E-state index contributed by atoms with van der Waals surface area (Å²) in [6, 6.07) is 2.35. The highest BCUT2D eigenvalue weighted by molar-refractivity contribution is 5.81. The van der Waals surface area contributed by atoms with Gasteiger partial charge in [-0.3, -0.25) is 4.79 Å². The molecule has 1 saturated carbocycles. The lowest BCUT2D eigenvalue weighted by atomic mass is 9.69. The van der Waals surface area contributed by atoms with Crippen molar-refractivity contribution in [1.29, 1.82) is 0 Å². The van der Waals surface area contributed by atoms with E-state index in [0.717, 1.165) is 12.3 Å². The Morgan fingerprint density at radius 1 is 1.22 bits per heavy atom. The summed E-state index contributed by atoms with van der Waals surface area (Å²) in [6.45, 7) is 0. The summed E-state index contributed by atoms with van der Waals surface area (Å²) in [5.74, 6) is -4.70. The minimum absolute atomic E-state index is 0.164. The Hall–Kier alpha value is -1.59. The van der Waals surface area contributed by atoms with Crippen molar-refractivity contribution in [3.63, 3.8) is 0 Å². The van der Waals surface area contributed by atoms with Crippen molar-refractivity contribution in [3.8, 4) is 0 Å². The maximum atomic E-state index is 13.1. The molecule has 1 aromatic heterocycles. The molecule has 6 heteroatoms. The fraction of sp³-hybridized carbons (Fsp3) is 0.500. The van der Waals surface area contributed by atoms with Crippen LogP contribution in [0, 0.1) is 5.95 Å². The first-order valence-electron chi connectivity index (χ1n) is 5.59. The fourth-order valence-corrected chi connectivity index (χ4v) is 2.33. The maximum absolute atomic E-state index is 13.1. The molecule has 98 valence electrons. The van der Waals surface area contributed by atoms with Gasteiger partial charge in [-0.05, 0) is 24.5 Å². The molecule has 1 aromatic rings. The third kappa shape index (κ3) is 2.19. The number of carbonyl (C=O) groups is 1. The van der Waals surface area contributed by atoms with E-state index in [9.17, 15) is 23.1 Å². The average Bonchev–Trinajstić information content (AvgIpc) is 2.30. The van der Waals surface area contributed by atoms with Crippen molar-refractivity contribution >= 4 is 5.97 Å². The molecule has 1 aliphatic rings. The van der Waals surface area contributed by atoms with E-state index >= 15 is 0 Å². The van der Waals surface area contributed by atoms with E-state index in [0.29, 0.717) is 0 Å². The number of alkyl halides is 2. The van der Waals surface area contributed by atoms with Crippen LogP contribution >= 0.6 is 0 Å². The smallest absolute Gasteiger partial charge is 0.314 e. The van der Waals surface area contributed by atoms with Gasteiger partial charge in [0.2, 0.25) is 11.9 Å². The molecule has 0 amide bonds. The normalized spacial score (nSPS) is 21.5. The molecule has 0 unspecified atom stereocenters. The van der Waals surface area contributed by atoms with E-state index in [-0.39, 0.29) is 18.4 Å². The molecule has 1 heterocycles. The van der Waals surface area contributed by atoms with Crippen LogP contribution in [0.3, 0.4) is 0 Å². The van der Waals surface area contributed by atoms with Gasteiger partial charge in [-0.2, -0.15) is 4.39 Å². The van der Waals surface area contributed by atoms with Gasteiger partial charge >= 0.3 is 5.97 Å². The Labute approximate surface area is 102 Å². The fourth-order valence-electron chi connectivity index (χ4n) is 2.33. The van der Waals surface area contributed by atoms with Crippen LogP contribution < -0.4 is 0 Å². The first-order chi connectivity index (χ1) is 8.36. The quantitative estimate of drug-likeness (QED) is 0.831. The Morgan fingerprint density at radius 2 is 1.83 bits per heavy atom. The van der Waals surface area contributed by atoms with Crippen molar-refractivity contribution in [2.24, 2.45) is 0 Å². The molecule has 1 aliphatic carbocycles. The number of hydrogen-bond acceptors (Lipinski definition) is 2. The van der Waals surface area contributed by atoms with E-state index in [2.05, 4.69) is 4.98 Å². The molecule has 0 atom stereocenters. The summed E-state index contributed by atoms with van der Waals surface area (Å²) in [7, 11) is 0. The lowest BCUT2D eigenvalue weighted by Crippen LogP contribution is -2.42. The number of rotatable bonds is 2. The molecular weight excluding hydrogens is 247 g/mol. The number of hydrogen-bond donors (Lipinski definition) is 1. The van der Waals surface area contributed by atoms with Crippen molar-refractivity contribution in [3.05, 3.63) is 29.8 Å². The average molecular weight is 259 g/mol. The largest absolute Gasteiger partial charge is 0.481 e. The van der Waals surface area contributed by atoms with Crippen LogP contribution in [0.5, 0.6) is 0 Å². The topological polar surface area (TPSA) is 50.2 Å². The highest BCUT2D eigenvalue weighted by atomic mass is 19.3. The summed E-state index contributed by atoms with van der Waals surface area (Å²) in [5.41, 5.74) is -1.09. The second-order valence-corrected chi connectivity index (χ2v) is 4.61. The molecule has 0 radical (unpaired) electrons. The lowest BCUT2D eigenvalue weighted by molar-refractivity contribution is -0.149. The third-order valence-corrected chi connectivity index (χ3v) is 3.52. The molecule has 1 N–H and O–H groups in total. The van der Waals surface area contributed by atoms with Crippen LogP contribution in [0.2, 0.25) is 0 Å². The molecule has 0 bridgehead atoms. The van der Waals surface area contributed by atoms with Crippen molar-refractivity contribution in [2.75, 3.05) is 0 Å². The van der Waals surface area contributed by atoms with E-state index < -0.39 is 36.1 Å². The van der Waals surface area contributed by atoms with Gasteiger partial charge in [0.25, 0.3) is 0 Å². The van der Waals surface area contributed by atoms with Crippen LogP contribution in [0.25, 0.3) is 0 Å². The van der Waals surface area contributed by atoms with Crippen LogP contribution in [0.15, 0.2) is 18.3 Å². The zero-order valence-electron chi connectivity index (χ0n) is 9.50. The molecule has 0 saturated heterocycles. The number of aliphatic carboxylic acids is 1. The maximum Gasteiger partial charge on any atom is 0.314 e. The van der Waals surface area contributed by atoms with Crippen molar-refractivity contribution in [1.82, 2.24) is 4.98 Å². The van der Waals surface area contributed by atoms with E-state index in [1.54, 1.807) is 0 Å². The van der Waals surface area contributed by atoms with Crippen molar-refractivity contribution < 1.29 is 23.1 Å². The van der Waals surface area contributed by atoms with Crippen LogP contribution in [0.4, 0.5) is 13.2 Å². The van der Waals surface area contributed by atoms with Gasteiger partial charge in [0.05, 0.1) is 5.41 Å². The van der Waals surface area contributed by atoms with Crippen molar-refractivity contribution in [2.45, 2.75) is 37.0 Å². The number of halogens is 3. The summed E-state index contributed by atoms with van der Waals surface area (Å²) in [4.78, 5) is 14.8. The summed E-state index contributed by atoms with van der Waals surface area (Å²) in [6.07, 6.45) is -0.161. The minimum atomic E-state index is -2.81. The predicted octanol–water partition coefficient (Wildman–Crippen LogP) is 2.75. The lowest BCUT2D eigenvalue weighted by Gasteiger charge is -2.36. The molecule has 0 aliphatic heterocycles. The SMILES string of the molecule is O=C(O)C1(c2ccc(F)nc2)CCC(F)(F)CC1. The third-order valence-electron chi connectivity index (χ3n) is 3.52. The Morgan fingerprint density at radius 3 is 2.28 bits per heavy atom. The van der Waals surface area contributed by atoms with E-state index in [1.807, 2.05) is 0 Å². The number of aromatic nitrogens is 1. The van der Waals surface area contributed by atoms with Gasteiger partial charge in [0.15, 0.2) is 0 Å². The Balaban J connectivity index is 2.34. The number of pyridine rings is 1. The van der Waals surface area contributed by atoms with Crippen LogP contribution in [-0.2, 0) is 10.2 Å². The highest BCUT2D eigenvalue weighted by Crippen LogP contribution is 2.45. The molecule has 0 spiro atoms. The van der Waals surface area contributed by atoms with Crippen LogP contribution in [-0.4, -0.2) is 22.0 Å². The molecule has 18 heavy (non-hydrogen) atoms. The standard InChI is InChI=1S/C12H12F3NO2/c13-9-2-1-8(7-16-9)11(10(17)18)3-5-12(14,15)6-4-11/h1-2,7H,3-6H2,(H,17,18). The second kappa shape index (κ2) is 4.26. The van der Waals surface area contributed by atoms with Gasteiger partial charge in [-0.1, -0.05) is 6.07 Å². The van der Waals surface area contributed by atoms with Gasteiger partial charge in [0, 0.05) is 19.0 Å². The van der Waals surface area contributed by atoms with Gasteiger partial charge < -0.3 is 5.11 Å². The minimum Gasteiger partial charge on any atom is -0.481 e. The molecule has 3 nitrogen and oxygen atoms in total. The Kier molecular flexibility index (Phi) is 3.04. The van der Waals surface area contributed by atoms with Gasteiger partial charge in [0.1, 0.15) is 0 Å². The monoisotopic (exact) mass is 259 g/mol. The number of nitrogens with zero attached hydrogens (tertiary/aromatic N) is 1. The zero-order chi connectivity index (χ0) is 13.4. The van der Waals surface area contributed by atoms with E-state index in [1.165, 1.54) is 6.07 Å². The molecular formula is C12H12F3NO2. The molecule has 2 rings (SSSR count). The number of carboxylic acids is 1.